The second-order valence-electron chi connectivity index (χ2n) is 7.58. The third kappa shape index (κ3) is 6.32. The number of benzene rings is 1. The van der Waals surface area contributed by atoms with Crippen molar-refractivity contribution in [2.24, 2.45) is 4.99 Å². The van der Waals surface area contributed by atoms with Gasteiger partial charge in [0.2, 0.25) is 5.91 Å². The molecule has 0 aromatic heterocycles. The van der Waals surface area contributed by atoms with Crippen LogP contribution in [0.15, 0.2) is 33.7 Å². The summed E-state index contributed by atoms with van der Waals surface area (Å²) in [5.41, 5.74) is 1.47. The van der Waals surface area contributed by atoms with Crippen molar-refractivity contribution in [3.63, 3.8) is 0 Å². The monoisotopic (exact) mass is 564 g/mol. The molecule has 1 aromatic carbocycles. The van der Waals surface area contributed by atoms with Crippen molar-refractivity contribution in [1.29, 1.82) is 0 Å². The second kappa shape index (κ2) is 10.8. The quantitative estimate of drug-likeness (QED) is 0.304. The first-order chi connectivity index (χ1) is 13.0. The van der Waals surface area contributed by atoms with E-state index in [4.69, 9.17) is 4.74 Å². The van der Waals surface area contributed by atoms with E-state index in [0.717, 1.165) is 43.3 Å². The van der Waals surface area contributed by atoms with Crippen LogP contribution >= 0.6 is 39.9 Å². The summed E-state index contributed by atoms with van der Waals surface area (Å²) in [6, 6.07) is 8.40. The predicted octanol–water partition coefficient (Wildman–Crippen LogP) is 2.90. The normalized spacial score (nSPS) is 20.2. The molecule has 0 spiro atoms. The first-order valence-corrected chi connectivity index (χ1v) is 10.4. The van der Waals surface area contributed by atoms with Crippen LogP contribution in [0.1, 0.15) is 31.2 Å². The Morgan fingerprint density at radius 3 is 2.68 bits per heavy atom. The summed E-state index contributed by atoms with van der Waals surface area (Å²) >= 11 is 3.68. The minimum Gasteiger partial charge on any atom is -0.376 e. The summed E-state index contributed by atoms with van der Waals surface area (Å²) in [5.74, 6) is 0.666. The standard InChI is InChI=1S/C20H29BrN4O2.HI/c1-25(2)18(26)13-23-19(22-12-15-6-5-11-27-15)24-14-20(9-10-20)16-7-3-4-8-17(16)21;/h3-4,7-8,15H,5-6,9-14H2,1-2H3,(H2,22,23,24);1H. The number of nitrogens with one attached hydrogen (secondary N) is 2. The fourth-order valence-corrected chi connectivity index (χ4v) is 4.02. The van der Waals surface area contributed by atoms with Gasteiger partial charge in [-0.15, -0.1) is 24.0 Å². The van der Waals surface area contributed by atoms with Crippen LogP contribution < -0.4 is 10.6 Å². The highest BCUT2D eigenvalue weighted by molar-refractivity contribution is 14.0. The topological polar surface area (TPSA) is 66.0 Å². The average Bonchev–Trinajstić information content (AvgIpc) is 3.25. The smallest absolute Gasteiger partial charge is 0.243 e. The molecular weight excluding hydrogens is 535 g/mol. The van der Waals surface area contributed by atoms with Gasteiger partial charge in [-0.3, -0.25) is 4.79 Å². The lowest BCUT2D eigenvalue weighted by Gasteiger charge is -2.21. The number of rotatable bonds is 7. The van der Waals surface area contributed by atoms with Gasteiger partial charge in [-0.1, -0.05) is 34.1 Å². The third-order valence-corrected chi connectivity index (χ3v) is 5.98. The second-order valence-corrected chi connectivity index (χ2v) is 8.44. The van der Waals surface area contributed by atoms with E-state index in [1.165, 1.54) is 5.56 Å². The van der Waals surface area contributed by atoms with E-state index in [9.17, 15) is 4.79 Å². The molecule has 0 radical (unpaired) electrons. The molecule has 1 amide bonds. The largest absolute Gasteiger partial charge is 0.376 e. The zero-order chi connectivity index (χ0) is 19.3. The summed E-state index contributed by atoms with van der Waals surface area (Å²) < 4.78 is 6.83. The number of guanidine groups is 1. The van der Waals surface area contributed by atoms with Crippen LogP contribution in [-0.4, -0.2) is 63.2 Å². The minimum absolute atomic E-state index is 0. The molecule has 2 N–H and O–H groups in total. The highest BCUT2D eigenvalue weighted by Crippen LogP contribution is 2.49. The first-order valence-electron chi connectivity index (χ1n) is 9.59. The highest BCUT2D eigenvalue weighted by Gasteiger charge is 2.45. The molecule has 2 aliphatic rings. The van der Waals surface area contributed by atoms with Crippen LogP contribution in [0.3, 0.4) is 0 Å². The number of carbonyl (C=O) groups excluding carboxylic acids is 1. The molecule has 1 aliphatic carbocycles. The fourth-order valence-electron chi connectivity index (χ4n) is 3.31. The van der Waals surface area contributed by atoms with Crippen molar-refractivity contribution in [3.05, 3.63) is 34.3 Å². The molecule has 156 valence electrons. The Hall–Kier alpha value is -0.870. The van der Waals surface area contributed by atoms with E-state index >= 15 is 0 Å². The van der Waals surface area contributed by atoms with Crippen molar-refractivity contribution in [2.75, 3.05) is 40.3 Å². The molecule has 1 aromatic rings. The number of hydrogen-bond donors (Lipinski definition) is 2. The minimum atomic E-state index is -0.0137. The van der Waals surface area contributed by atoms with Gasteiger partial charge in [0.15, 0.2) is 5.96 Å². The Labute approximate surface area is 193 Å². The number of hydrogen-bond acceptors (Lipinski definition) is 3. The van der Waals surface area contributed by atoms with Gasteiger partial charge in [-0.05, 0) is 37.3 Å². The van der Waals surface area contributed by atoms with Gasteiger partial charge in [0.25, 0.3) is 0 Å². The van der Waals surface area contributed by atoms with Gasteiger partial charge in [0.05, 0.1) is 6.10 Å². The van der Waals surface area contributed by atoms with Crippen molar-refractivity contribution >= 4 is 51.8 Å². The van der Waals surface area contributed by atoms with Crippen LogP contribution in [0.4, 0.5) is 0 Å². The van der Waals surface area contributed by atoms with Crippen molar-refractivity contribution in [1.82, 2.24) is 15.5 Å². The van der Waals surface area contributed by atoms with Gasteiger partial charge in [0.1, 0.15) is 6.54 Å². The average molecular weight is 565 g/mol. The summed E-state index contributed by atoms with van der Waals surface area (Å²) in [4.78, 5) is 18.0. The van der Waals surface area contributed by atoms with E-state index in [0.29, 0.717) is 12.5 Å². The molecule has 28 heavy (non-hydrogen) atoms. The third-order valence-electron chi connectivity index (χ3n) is 5.29. The van der Waals surface area contributed by atoms with Gasteiger partial charge in [0, 0.05) is 43.7 Å². The lowest BCUT2D eigenvalue weighted by molar-refractivity contribution is -0.127. The molecule has 3 rings (SSSR count). The Morgan fingerprint density at radius 1 is 1.32 bits per heavy atom. The number of carbonyl (C=O) groups is 1. The zero-order valence-electron chi connectivity index (χ0n) is 16.5. The fraction of sp³-hybridized carbons (Fsp3) is 0.600. The van der Waals surface area contributed by atoms with Crippen LogP contribution in [-0.2, 0) is 14.9 Å². The molecule has 1 saturated carbocycles. The molecule has 1 atom stereocenters. The van der Waals surface area contributed by atoms with E-state index < -0.39 is 0 Å². The number of amides is 1. The van der Waals surface area contributed by atoms with Crippen LogP contribution in [0.2, 0.25) is 0 Å². The van der Waals surface area contributed by atoms with Crippen LogP contribution in [0.5, 0.6) is 0 Å². The lowest BCUT2D eigenvalue weighted by Crippen LogP contribution is -2.44. The molecule has 8 heteroatoms. The van der Waals surface area contributed by atoms with Gasteiger partial charge < -0.3 is 20.3 Å². The molecule has 1 heterocycles. The van der Waals surface area contributed by atoms with Crippen LogP contribution in [0, 0.1) is 0 Å². The predicted molar refractivity (Wildman–Crippen MR) is 126 cm³/mol. The van der Waals surface area contributed by atoms with E-state index in [1.54, 1.807) is 19.0 Å². The van der Waals surface area contributed by atoms with Gasteiger partial charge in [-0.25, -0.2) is 4.99 Å². The molecular formula is C20H30BrIN4O2. The number of halogens is 2. The number of likely N-dealkylation sites (N-methyl/N-ethyl adjacent to an activating group) is 1. The molecule has 1 aliphatic heterocycles. The van der Waals surface area contributed by atoms with E-state index in [-0.39, 0.29) is 47.9 Å². The van der Waals surface area contributed by atoms with Crippen molar-refractivity contribution in [3.8, 4) is 0 Å². The maximum absolute atomic E-state index is 11.9. The highest BCUT2D eigenvalue weighted by atomic mass is 127. The molecule has 1 unspecified atom stereocenters. The van der Waals surface area contributed by atoms with Gasteiger partial charge >= 0.3 is 0 Å². The van der Waals surface area contributed by atoms with Gasteiger partial charge in [-0.2, -0.15) is 0 Å². The summed E-state index contributed by atoms with van der Waals surface area (Å²) in [6.45, 7) is 2.47. The maximum Gasteiger partial charge on any atom is 0.243 e. The zero-order valence-corrected chi connectivity index (χ0v) is 20.5. The van der Waals surface area contributed by atoms with E-state index in [1.807, 2.05) is 6.07 Å². The van der Waals surface area contributed by atoms with Crippen LogP contribution in [0.25, 0.3) is 0 Å². The molecule has 6 nitrogen and oxygen atoms in total. The number of ether oxygens (including phenoxy) is 1. The maximum atomic E-state index is 11.9. The summed E-state index contributed by atoms with van der Waals surface area (Å²) in [7, 11) is 3.49. The number of nitrogens with zero attached hydrogens (tertiary/aromatic N) is 2. The molecule has 1 saturated heterocycles. The Morgan fingerprint density at radius 2 is 2.07 bits per heavy atom. The Balaban J connectivity index is 0.00000280. The Bertz CT molecular complexity index is 689. The van der Waals surface area contributed by atoms with Crippen molar-refractivity contribution in [2.45, 2.75) is 37.2 Å². The lowest BCUT2D eigenvalue weighted by atomic mass is 9.96. The Kier molecular flexibility index (Phi) is 9.01. The first kappa shape index (κ1) is 23.4. The van der Waals surface area contributed by atoms with Crippen molar-refractivity contribution < 1.29 is 9.53 Å². The number of aliphatic imine (C=N–C) groups is 1. The molecule has 2 fully saturated rings. The summed E-state index contributed by atoms with van der Waals surface area (Å²) in [5, 5.41) is 6.81. The SMILES string of the molecule is CN(C)C(=O)CN=C(NCC1CCCO1)NCC1(c2ccccc2Br)CC1.I. The summed E-state index contributed by atoms with van der Waals surface area (Å²) in [6.07, 6.45) is 4.70. The molecule has 0 bridgehead atoms. The van der Waals surface area contributed by atoms with E-state index in [2.05, 4.69) is 49.8 Å².